The molecule has 0 bridgehead atoms. The first kappa shape index (κ1) is 21.3. The molecule has 6 rings (SSSR count). The second kappa shape index (κ2) is 9.16. The van der Waals surface area contributed by atoms with Crippen LogP contribution in [0.15, 0.2) is 101 Å². The number of thiophene rings is 1. The molecule has 3 aromatic heterocycles. The van der Waals surface area contributed by atoms with Gasteiger partial charge in [-0.2, -0.15) is 4.98 Å². The lowest BCUT2D eigenvalue weighted by molar-refractivity contribution is 0.244. The molecule has 3 aromatic carbocycles. The van der Waals surface area contributed by atoms with Crippen LogP contribution in [0.3, 0.4) is 0 Å². The summed E-state index contributed by atoms with van der Waals surface area (Å²) in [6, 6.07) is 30.3. The lowest BCUT2D eigenvalue weighted by Crippen LogP contribution is -2.00. The maximum atomic E-state index is 6.28. The fourth-order valence-electron chi connectivity index (χ4n) is 3.94. The van der Waals surface area contributed by atoms with Crippen molar-refractivity contribution in [3.8, 4) is 39.7 Å². The fraction of sp³-hybridized carbons (Fsp3) is 0.0690. The van der Waals surface area contributed by atoms with Gasteiger partial charge in [0, 0.05) is 28.1 Å². The van der Waals surface area contributed by atoms with Crippen molar-refractivity contribution in [2.75, 3.05) is 0 Å². The Bertz CT molecular complexity index is 1590. The van der Waals surface area contributed by atoms with Gasteiger partial charge in [-0.05, 0) is 12.5 Å². The summed E-state index contributed by atoms with van der Waals surface area (Å²) in [6.45, 7) is 2.27. The third-order valence-corrected chi connectivity index (χ3v) is 6.65. The SMILES string of the molecule is Cc1ccc(-c2cc(COc3nc(-c4ccccc4)nc4scc(-c5ccccc5)c34)on2)cc1. The van der Waals surface area contributed by atoms with E-state index in [0.29, 0.717) is 17.5 Å². The highest BCUT2D eigenvalue weighted by Crippen LogP contribution is 2.39. The summed E-state index contributed by atoms with van der Waals surface area (Å²) in [5, 5.41) is 7.24. The second-order valence-electron chi connectivity index (χ2n) is 8.25. The molecule has 0 N–H and O–H groups in total. The van der Waals surface area contributed by atoms with Crippen molar-refractivity contribution >= 4 is 21.6 Å². The van der Waals surface area contributed by atoms with Crippen LogP contribution in [-0.2, 0) is 6.61 Å². The Hall–Kier alpha value is -4.29. The molecule has 0 saturated carbocycles. The number of hydrogen-bond donors (Lipinski definition) is 0. The molecule has 0 unspecified atom stereocenters. The van der Waals surface area contributed by atoms with Crippen LogP contribution in [0.25, 0.3) is 44.0 Å². The highest BCUT2D eigenvalue weighted by molar-refractivity contribution is 7.17. The Morgan fingerprint density at radius 1 is 0.800 bits per heavy atom. The number of aryl methyl sites for hydroxylation is 1. The van der Waals surface area contributed by atoms with Gasteiger partial charge in [0.25, 0.3) is 0 Å². The van der Waals surface area contributed by atoms with Crippen molar-refractivity contribution < 1.29 is 9.26 Å². The molecule has 0 fully saturated rings. The molecule has 5 nitrogen and oxygen atoms in total. The lowest BCUT2D eigenvalue weighted by atomic mass is 10.1. The first-order valence-electron chi connectivity index (χ1n) is 11.3. The molecule has 3 heterocycles. The van der Waals surface area contributed by atoms with E-state index in [1.54, 1.807) is 11.3 Å². The first-order valence-corrected chi connectivity index (χ1v) is 12.2. The van der Waals surface area contributed by atoms with Crippen molar-refractivity contribution in [1.82, 2.24) is 15.1 Å². The minimum absolute atomic E-state index is 0.212. The predicted octanol–water partition coefficient (Wildman–Crippen LogP) is 7.57. The standard InChI is InChI=1S/C29H21N3O2S/c1-19-12-14-21(15-13-19)25-16-23(34-32-25)17-33-28-26-24(20-8-4-2-5-9-20)18-35-29(26)31-27(30-28)22-10-6-3-7-11-22/h2-16,18H,17H2,1H3. The zero-order valence-electron chi connectivity index (χ0n) is 19.0. The van der Waals surface area contributed by atoms with Crippen LogP contribution in [0.1, 0.15) is 11.3 Å². The molecule has 0 atom stereocenters. The van der Waals surface area contributed by atoms with Crippen LogP contribution in [0.5, 0.6) is 5.88 Å². The van der Waals surface area contributed by atoms with E-state index in [1.807, 2.05) is 66.7 Å². The molecule has 35 heavy (non-hydrogen) atoms. The average molecular weight is 476 g/mol. The minimum atomic E-state index is 0.212. The average Bonchev–Trinajstić information content (AvgIpc) is 3.56. The van der Waals surface area contributed by atoms with Crippen molar-refractivity contribution in [3.63, 3.8) is 0 Å². The predicted molar refractivity (Wildman–Crippen MR) is 139 cm³/mol. The van der Waals surface area contributed by atoms with Crippen molar-refractivity contribution in [1.29, 1.82) is 0 Å². The van der Waals surface area contributed by atoms with Crippen LogP contribution in [-0.4, -0.2) is 15.1 Å². The summed E-state index contributed by atoms with van der Waals surface area (Å²) in [5.41, 5.74) is 6.08. The summed E-state index contributed by atoms with van der Waals surface area (Å²) >= 11 is 1.59. The van der Waals surface area contributed by atoms with Gasteiger partial charge in [-0.15, -0.1) is 11.3 Å². The molecule has 170 valence electrons. The van der Waals surface area contributed by atoms with Gasteiger partial charge in [-0.25, -0.2) is 4.98 Å². The molecule has 6 heteroatoms. The summed E-state index contributed by atoms with van der Waals surface area (Å²) in [6.07, 6.45) is 0. The van der Waals surface area contributed by atoms with Crippen LogP contribution < -0.4 is 4.74 Å². The largest absolute Gasteiger partial charge is 0.469 e. The van der Waals surface area contributed by atoms with Gasteiger partial charge in [0.2, 0.25) is 5.88 Å². The molecule has 0 amide bonds. The maximum absolute atomic E-state index is 6.28. The van der Waals surface area contributed by atoms with Gasteiger partial charge in [0.05, 0.1) is 5.39 Å². The van der Waals surface area contributed by atoms with Gasteiger partial charge in [-0.1, -0.05) is 95.6 Å². The Labute approximate surface area is 206 Å². The van der Waals surface area contributed by atoms with Crippen molar-refractivity contribution in [2.45, 2.75) is 13.5 Å². The molecule has 0 aliphatic heterocycles. The summed E-state index contributed by atoms with van der Waals surface area (Å²) in [4.78, 5) is 10.6. The van der Waals surface area contributed by atoms with Crippen LogP contribution in [0.2, 0.25) is 0 Å². The van der Waals surface area contributed by atoms with E-state index >= 15 is 0 Å². The monoisotopic (exact) mass is 475 g/mol. The molecular weight excluding hydrogens is 454 g/mol. The molecule has 0 aliphatic rings. The van der Waals surface area contributed by atoms with Crippen molar-refractivity contribution in [3.05, 3.63) is 108 Å². The third-order valence-electron chi connectivity index (χ3n) is 5.77. The van der Waals surface area contributed by atoms with E-state index in [2.05, 4.69) is 41.7 Å². The number of nitrogens with zero attached hydrogens (tertiary/aromatic N) is 3. The zero-order chi connectivity index (χ0) is 23.6. The quantitative estimate of drug-likeness (QED) is 0.249. The maximum Gasteiger partial charge on any atom is 0.227 e. The summed E-state index contributed by atoms with van der Waals surface area (Å²) in [5.74, 6) is 1.79. The molecule has 0 spiro atoms. The van der Waals surface area contributed by atoms with Gasteiger partial charge in [0.1, 0.15) is 10.5 Å². The topological polar surface area (TPSA) is 61.0 Å². The van der Waals surface area contributed by atoms with E-state index in [1.165, 1.54) is 5.56 Å². The number of rotatable bonds is 6. The Kier molecular flexibility index (Phi) is 5.56. The van der Waals surface area contributed by atoms with Crippen LogP contribution in [0, 0.1) is 6.92 Å². The zero-order valence-corrected chi connectivity index (χ0v) is 19.8. The minimum Gasteiger partial charge on any atom is -0.469 e. The number of fused-ring (bicyclic) bond motifs is 1. The Morgan fingerprint density at radius 2 is 1.51 bits per heavy atom. The summed E-state index contributed by atoms with van der Waals surface area (Å²) < 4.78 is 11.9. The van der Waals surface area contributed by atoms with Crippen molar-refractivity contribution in [2.24, 2.45) is 0 Å². The number of aromatic nitrogens is 3. The smallest absolute Gasteiger partial charge is 0.227 e. The molecular formula is C29H21N3O2S. The second-order valence-corrected chi connectivity index (χ2v) is 9.11. The number of hydrogen-bond acceptors (Lipinski definition) is 6. The lowest BCUT2D eigenvalue weighted by Gasteiger charge is -2.09. The number of ether oxygens (including phenoxy) is 1. The Balaban J connectivity index is 1.37. The van der Waals surface area contributed by atoms with E-state index in [0.717, 1.165) is 38.2 Å². The Morgan fingerprint density at radius 3 is 2.26 bits per heavy atom. The van der Waals surface area contributed by atoms with Gasteiger partial charge in [0.15, 0.2) is 18.2 Å². The van der Waals surface area contributed by atoms with Crippen LogP contribution >= 0.6 is 11.3 Å². The van der Waals surface area contributed by atoms with Gasteiger partial charge < -0.3 is 9.26 Å². The molecule has 6 aromatic rings. The fourth-order valence-corrected chi connectivity index (χ4v) is 4.88. The highest BCUT2D eigenvalue weighted by atomic mass is 32.1. The highest BCUT2D eigenvalue weighted by Gasteiger charge is 2.18. The molecule has 0 saturated heterocycles. The number of benzene rings is 3. The van der Waals surface area contributed by atoms with E-state index < -0.39 is 0 Å². The molecule has 0 radical (unpaired) electrons. The first-order chi connectivity index (χ1) is 17.2. The third kappa shape index (κ3) is 4.32. The van der Waals surface area contributed by atoms with Gasteiger partial charge in [-0.3, -0.25) is 0 Å². The summed E-state index contributed by atoms with van der Waals surface area (Å²) in [7, 11) is 0. The van der Waals surface area contributed by atoms with E-state index in [4.69, 9.17) is 19.2 Å². The van der Waals surface area contributed by atoms with E-state index in [9.17, 15) is 0 Å². The van der Waals surface area contributed by atoms with E-state index in [-0.39, 0.29) is 6.61 Å². The molecule has 0 aliphatic carbocycles. The van der Waals surface area contributed by atoms with Gasteiger partial charge >= 0.3 is 0 Å². The van der Waals surface area contributed by atoms with Crippen LogP contribution in [0.4, 0.5) is 0 Å². The normalized spacial score (nSPS) is 11.1.